The molecule has 0 bridgehead atoms. The fourth-order valence-electron chi connectivity index (χ4n) is 1.52. The van der Waals surface area contributed by atoms with E-state index < -0.39 is 0 Å². The van der Waals surface area contributed by atoms with Crippen LogP contribution in [0.1, 0.15) is 34.2 Å². The first-order valence-electron chi connectivity index (χ1n) is 6.17. The number of aryl methyl sites for hydroxylation is 1. The summed E-state index contributed by atoms with van der Waals surface area (Å²) in [5.41, 5.74) is 6.73. The van der Waals surface area contributed by atoms with Crippen molar-refractivity contribution in [3.63, 3.8) is 0 Å². The second-order valence-electron chi connectivity index (χ2n) is 4.60. The molecule has 0 unspecified atom stereocenters. The summed E-state index contributed by atoms with van der Waals surface area (Å²) in [6.07, 6.45) is 0. The molecule has 0 aliphatic carbocycles. The van der Waals surface area contributed by atoms with E-state index in [0.717, 1.165) is 10.7 Å². The standard InChI is InChI=1S/C12H17N5OS2/c1-6(2)15-12-17-10(13)9(20-12)11(18)14-4-8-16-7(3)5-19-8/h5-6H,4,13H2,1-3H3,(H,14,18)(H,15,17). The van der Waals surface area contributed by atoms with Gasteiger partial charge in [0.15, 0.2) is 5.13 Å². The first-order chi connectivity index (χ1) is 9.45. The van der Waals surface area contributed by atoms with Crippen LogP contribution in [0.4, 0.5) is 10.9 Å². The number of nitrogen functional groups attached to an aromatic ring is 1. The number of anilines is 2. The lowest BCUT2D eigenvalue weighted by Gasteiger charge is -2.04. The molecule has 2 aromatic heterocycles. The Morgan fingerprint density at radius 2 is 2.20 bits per heavy atom. The van der Waals surface area contributed by atoms with Crippen molar-refractivity contribution >= 4 is 39.5 Å². The third-order valence-electron chi connectivity index (χ3n) is 2.34. The molecular weight excluding hydrogens is 294 g/mol. The zero-order chi connectivity index (χ0) is 14.7. The second kappa shape index (κ2) is 6.19. The van der Waals surface area contributed by atoms with Gasteiger partial charge in [-0.1, -0.05) is 11.3 Å². The van der Waals surface area contributed by atoms with E-state index in [4.69, 9.17) is 5.73 Å². The monoisotopic (exact) mass is 311 g/mol. The predicted octanol–water partition coefficient (Wildman–Crippen LogP) is 2.24. The predicted molar refractivity (Wildman–Crippen MR) is 83.3 cm³/mol. The van der Waals surface area contributed by atoms with Crippen LogP contribution in [0.2, 0.25) is 0 Å². The molecular formula is C12H17N5OS2. The first kappa shape index (κ1) is 14.7. The van der Waals surface area contributed by atoms with Crippen LogP contribution in [-0.4, -0.2) is 21.9 Å². The summed E-state index contributed by atoms with van der Waals surface area (Å²) in [5.74, 6) is 0.0376. The van der Waals surface area contributed by atoms with Crippen molar-refractivity contribution in [2.24, 2.45) is 0 Å². The highest BCUT2D eigenvalue weighted by Crippen LogP contribution is 2.25. The van der Waals surface area contributed by atoms with Gasteiger partial charge in [0.25, 0.3) is 5.91 Å². The summed E-state index contributed by atoms with van der Waals surface area (Å²) < 4.78 is 0. The third-order valence-corrected chi connectivity index (χ3v) is 4.31. The van der Waals surface area contributed by atoms with Crippen molar-refractivity contribution in [1.82, 2.24) is 15.3 Å². The van der Waals surface area contributed by atoms with Gasteiger partial charge in [-0.3, -0.25) is 4.79 Å². The van der Waals surface area contributed by atoms with Gasteiger partial charge in [0.2, 0.25) is 0 Å². The minimum atomic E-state index is -0.218. The molecule has 0 atom stereocenters. The first-order valence-corrected chi connectivity index (χ1v) is 7.87. The summed E-state index contributed by atoms with van der Waals surface area (Å²) in [6.45, 7) is 6.33. The number of rotatable bonds is 5. The lowest BCUT2D eigenvalue weighted by Crippen LogP contribution is -2.22. The van der Waals surface area contributed by atoms with E-state index >= 15 is 0 Å². The van der Waals surface area contributed by atoms with Crippen LogP contribution >= 0.6 is 22.7 Å². The number of nitrogens with two attached hydrogens (primary N) is 1. The van der Waals surface area contributed by atoms with Crippen LogP contribution in [0, 0.1) is 6.92 Å². The van der Waals surface area contributed by atoms with Crippen molar-refractivity contribution in [3.05, 3.63) is 21.0 Å². The van der Waals surface area contributed by atoms with Gasteiger partial charge in [-0.05, 0) is 20.8 Å². The van der Waals surface area contributed by atoms with Crippen molar-refractivity contribution in [1.29, 1.82) is 0 Å². The van der Waals surface area contributed by atoms with E-state index in [1.165, 1.54) is 22.7 Å². The van der Waals surface area contributed by atoms with Gasteiger partial charge in [-0.2, -0.15) is 0 Å². The number of thiazole rings is 2. The molecule has 0 aromatic carbocycles. The van der Waals surface area contributed by atoms with Crippen molar-refractivity contribution in [2.45, 2.75) is 33.4 Å². The van der Waals surface area contributed by atoms with Gasteiger partial charge >= 0.3 is 0 Å². The van der Waals surface area contributed by atoms with Crippen molar-refractivity contribution in [2.75, 3.05) is 11.1 Å². The molecule has 4 N–H and O–H groups in total. The van der Waals surface area contributed by atoms with Gasteiger partial charge in [-0.25, -0.2) is 9.97 Å². The van der Waals surface area contributed by atoms with Gasteiger partial charge < -0.3 is 16.4 Å². The highest BCUT2D eigenvalue weighted by atomic mass is 32.1. The number of hydrogen-bond donors (Lipinski definition) is 3. The Kier molecular flexibility index (Phi) is 4.56. The highest BCUT2D eigenvalue weighted by molar-refractivity contribution is 7.18. The van der Waals surface area contributed by atoms with E-state index in [0.29, 0.717) is 16.6 Å². The summed E-state index contributed by atoms with van der Waals surface area (Å²) in [7, 11) is 0. The SMILES string of the molecule is Cc1csc(CNC(=O)c2sc(NC(C)C)nc2N)n1. The van der Waals surface area contributed by atoms with E-state index in [1.807, 2.05) is 26.2 Å². The molecule has 0 saturated heterocycles. The number of carbonyl (C=O) groups is 1. The number of hydrogen-bond acceptors (Lipinski definition) is 7. The molecule has 108 valence electrons. The summed E-state index contributed by atoms with van der Waals surface area (Å²) >= 11 is 2.78. The molecule has 0 aliphatic rings. The average molecular weight is 311 g/mol. The maximum absolute atomic E-state index is 12.1. The van der Waals surface area contributed by atoms with E-state index in [1.54, 1.807) is 0 Å². The molecule has 0 fully saturated rings. The molecule has 6 nitrogen and oxygen atoms in total. The Balaban J connectivity index is 2.00. The van der Waals surface area contributed by atoms with Crippen LogP contribution in [0.5, 0.6) is 0 Å². The molecule has 0 radical (unpaired) electrons. The smallest absolute Gasteiger partial charge is 0.265 e. The average Bonchev–Trinajstić information content (AvgIpc) is 2.92. The second-order valence-corrected chi connectivity index (χ2v) is 6.54. The zero-order valence-corrected chi connectivity index (χ0v) is 13.2. The number of amides is 1. The van der Waals surface area contributed by atoms with Crippen LogP contribution in [0.25, 0.3) is 0 Å². The molecule has 0 spiro atoms. The van der Waals surface area contributed by atoms with Crippen LogP contribution in [0.15, 0.2) is 5.38 Å². The maximum Gasteiger partial charge on any atom is 0.265 e. The summed E-state index contributed by atoms with van der Waals surface area (Å²) in [5, 5.41) is 9.43. The van der Waals surface area contributed by atoms with Crippen LogP contribution in [-0.2, 0) is 6.54 Å². The van der Waals surface area contributed by atoms with Crippen LogP contribution < -0.4 is 16.4 Å². The van der Waals surface area contributed by atoms with Gasteiger partial charge in [0.1, 0.15) is 15.7 Å². The molecule has 0 saturated carbocycles. The third kappa shape index (κ3) is 3.67. The Morgan fingerprint density at radius 3 is 2.80 bits per heavy atom. The molecule has 1 amide bonds. The number of nitrogens with zero attached hydrogens (tertiary/aromatic N) is 2. The largest absolute Gasteiger partial charge is 0.382 e. The molecule has 2 aromatic rings. The zero-order valence-electron chi connectivity index (χ0n) is 11.6. The Morgan fingerprint density at radius 1 is 1.45 bits per heavy atom. The summed E-state index contributed by atoms with van der Waals surface area (Å²) in [4.78, 5) is 20.9. The van der Waals surface area contributed by atoms with Gasteiger partial charge in [0, 0.05) is 17.1 Å². The lowest BCUT2D eigenvalue weighted by molar-refractivity contribution is 0.0955. The Labute approximate surface area is 125 Å². The van der Waals surface area contributed by atoms with Crippen molar-refractivity contribution in [3.8, 4) is 0 Å². The number of nitrogens with one attached hydrogen (secondary N) is 2. The minimum absolute atomic E-state index is 0.218. The molecule has 0 aliphatic heterocycles. The molecule has 20 heavy (non-hydrogen) atoms. The minimum Gasteiger partial charge on any atom is -0.382 e. The molecule has 2 heterocycles. The summed E-state index contributed by atoms with van der Waals surface area (Å²) in [6, 6.07) is 0.245. The fraction of sp³-hybridized carbons (Fsp3) is 0.417. The van der Waals surface area contributed by atoms with Gasteiger partial charge in [-0.15, -0.1) is 11.3 Å². The van der Waals surface area contributed by atoms with E-state index in [-0.39, 0.29) is 17.8 Å². The fourth-order valence-corrected chi connectivity index (χ4v) is 3.18. The van der Waals surface area contributed by atoms with E-state index in [2.05, 4.69) is 20.6 Å². The number of aromatic nitrogens is 2. The molecule has 2 rings (SSSR count). The van der Waals surface area contributed by atoms with Crippen molar-refractivity contribution < 1.29 is 4.79 Å². The number of carbonyl (C=O) groups excluding carboxylic acids is 1. The van der Waals surface area contributed by atoms with Gasteiger partial charge in [0.05, 0.1) is 6.54 Å². The normalized spacial score (nSPS) is 10.8. The topological polar surface area (TPSA) is 92.9 Å². The van der Waals surface area contributed by atoms with E-state index in [9.17, 15) is 4.79 Å². The van der Waals surface area contributed by atoms with Crippen LogP contribution in [0.3, 0.4) is 0 Å². The Bertz CT molecular complexity index is 605. The highest BCUT2D eigenvalue weighted by Gasteiger charge is 2.16. The molecule has 8 heteroatoms. The Hall–Kier alpha value is -1.67. The lowest BCUT2D eigenvalue weighted by atomic mass is 10.4. The quantitative estimate of drug-likeness (QED) is 0.787. The maximum atomic E-state index is 12.1.